The zero-order chi connectivity index (χ0) is 15.6. The van der Waals surface area contributed by atoms with Crippen LogP contribution in [0.2, 0.25) is 0 Å². The number of thiophene rings is 1. The predicted octanol–water partition coefficient (Wildman–Crippen LogP) is 2.93. The third-order valence-electron chi connectivity index (χ3n) is 2.98. The summed E-state index contributed by atoms with van der Waals surface area (Å²) < 4.78 is 7.83. The second-order valence-electron chi connectivity index (χ2n) is 4.28. The Bertz CT molecular complexity index is 718. The Balaban J connectivity index is 2.49. The number of aldehydes is 1. The third-order valence-corrected chi connectivity index (χ3v) is 5.10. The molecular weight excluding hydrogens is 362 g/mol. The van der Waals surface area contributed by atoms with Gasteiger partial charge in [0, 0.05) is 13.0 Å². The number of methoxy groups -OCH3 is 1. The Hall–Kier alpha value is -1.67. The van der Waals surface area contributed by atoms with Crippen molar-refractivity contribution in [2.75, 3.05) is 7.11 Å². The molecule has 0 atom stereocenters. The van der Waals surface area contributed by atoms with Crippen LogP contribution in [0, 0.1) is 0 Å². The van der Waals surface area contributed by atoms with Crippen LogP contribution in [-0.2, 0) is 16.1 Å². The molecule has 0 fully saturated rings. The van der Waals surface area contributed by atoms with Crippen LogP contribution in [0.1, 0.15) is 33.0 Å². The van der Waals surface area contributed by atoms with Crippen LogP contribution in [0.3, 0.4) is 0 Å². The second-order valence-corrected chi connectivity index (χ2v) is 6.16. The van der Waals surface area contributed by atoms with E-state index in [0.29, 0.717) is 33.5 Å². The summed E-state index contributed by atoms with van der Waals surface area (Å²) in [4.78, 5) is 34.0. The maximum absolute atomic E-state index is 11.8. The topological polar surface area (TPSA) is 85.6 Å². The normalized spacial score (nSPS) is 10.8. The van der Waals surface area contributed by atoms with Crippen LogP contribution in [0.25, 0.3) is 10.2 Å². The van der Waals surface area contributed by atoms with Gasteiger partial charge >= 0.3 is 11.9 Å². The van der Waals surface area contributed by atoms with Gasteiger partial charge < -0.3 is 14.4 Å². The quantitative estimate of drug-likeness (QED) is 0.621. The van der Waals surface area contributed by atoms with Gasteiger partial charge in [0.1, 0.15) is 5.69 Å². The molecule has 0 unspecified atom stereocenters. The summed E-state index contributed by atoms with van der Waals surface area (Å²) in [5.74, 6) is -1.38. The molecule has 0 spiro atoms. The Labute approximate surface area is 132 Å². The number of hydrogen-bond donors (Lipinski definition) is 1. The van der Waals surface area contributed by atoms with Gasteiger partial charge in [0.05, 0.1) is 26.7 Å². The fourth-order valence-electron chi connectivity index (χ4n) is 2.08. The highest BCUT2D eigenvalue weighted by Crippen LogP contribution is 2.37. The van der Waals surface area contributed by atoms with E-state index < -0.39 is 11.9 Å². The van der Waals surface area contributed by atoms with Crippen LogP contribution in [0.15, 0.2) is 10.5 Å². The van der Waals surface area contributed by atoms with E-state index in [1.807, 2.05) is 0 Å². The number of carbonyl (C=O) groups excluding carboxylic acids is 2. The number of fused-ring (bicyclic) bond motifs is 1. The number of nitrogens with zero attached hydrogens (tertiary/aromatic N) is 1. The van der Waals surface area contributed by atoms with Gasteiger partial charge in [-0.3, -0.25) is 9.59 Å². The Morgan fingerprint density at radius 1 is 1.52 bits per heavy atom. The minimum atomic E-state index is -0.893. The molecule has 0 bridgehead atoms. The van der Waals surface area contributed by atoms with Crippen molar-refractivity contribution in [3.05, 3.63) is 21.1 Å². The van der Waals surface area contributed by atoms with Gasteiger partial charge in [0.2, 0.25) is 0 Å². The number of aromatic nitrogens is 1. The average molecular weight is 374 g/mol. The van der Waals surface area contributed by atoms with E-state index in [4.69, 9.17) is 9.84 Å². The highest BCUT2D eigenvalue weighted by atomic mass is 79.9. The number of hydrogen-bond acceptors (Lipinski definition) is 5. The minimum Gasteiger partial charge on any atom is -0.481 e. The molecule has 0 aliphatic rings. The maximum atomic E-state index is 11.8. The van der Waals surface area contributed by atoms with Crippen molar-refractivity contribution in [3.63, 3.8) is 0 Å². The van der Waals surface area contributed by atoms with Crippen molar-refractivity contribution in [2.45, 2.75) is 19.4 Å². The third kappa shape index (κ3) is 3.01. The lowest BCUT2D eigenvalue weighted by Gasteiger charge is -2.08. The minimum absolute atomic E-state index is 0.00256. The molecule has 0 amide bonds. The number of halogens is 1. The van der Waals surface area contributed by atoms with Crippen molar-refractivity contribution in [2.24, 2.45) is 0 Å². The molecule has 6 nitrogen and oxygen atoms in total. The van der Waals surface area contributed by atoms with E-state index in [1.165, 1.54) is 18.4 Å². The zero-order valence-corrected chi connectivity index (χ0v) is 13.5. The van der Waals surface area contributed by atoms with Crippen LogP contribution in [0.4, 0.5) is 0 Å². The van der Waals surface area contributed by atoms with Gasteiger partial charge in [-0.1, -0.05) is 0 Å². The average Bonchev–Trinajstić information content (AvgIpc) is 2.95. The molecule has 0 aromatic carbocycles. The summed E-state index contributed by atoms with van der Waals surface area (Å²) in [5.41, 5.74) is 1.06. The number of aliphatic carboxylic acids is 1. The molecule has 0 saturated carbocycles. The molecular formula is C13H12BrNO5S. The molecule has 0 aliphatic carbocycles. The molecule has 0 aliphatic heterocycles. The molecule has 0 radical (unpaired) electrons. The number of rotatable bonds is 6. The first-order chi connectivity index (χ1) is 9.99. The molecule has 112 valence electrons. The maximum Gasteiger partial charge on any atom is 0.354 e. The smallest absolute Gasteiger partial charge is 0.354 e. The lowest BCUT2D eigenvalue weighted by molar-refractivity contribution is -0.137. The van der Waals surface area contributed by atoms with Crippen molar-refractivity contribution in [1.82, 2.24) is 4.57 Å². The van der Waals surface area contributed by atoms with E-state index >= 15 is 0 Å². The van der Waals surface area contributed by atoms with Gasteiger partial charge in [-0.25, -0.2) is 4.79 Å². The van der Waals surface area contributed by atoms with Crippen molar-refractivity contribution in [1.29, 1.82) is 0 Å². The first-order valence-corrected chi connectivity index (χ1v) is 7.67. The second kappa shape index (κ2) is 6.40. The number of ether oxygens (including phenoxy) is 1. The molecule has 1 N–H and O–H groups in total. The summed E-state index contributed by atoms with van der Waals surface area (Å²) in [6, 6.07) is 1.66. The van der Waals surface area contributed by atoms with Gasteiger partial charge in [-0.15, -0.1) is 11.3 Å². The van der Waals surface area contributed by atoms with Gasteiger partial charge in [-0.2, -0.15) is 0 Å². The Kier molecular flexibility index (Phi) is 4.79. The standard InChI is InChI=1S/C13H12BrNO5S/c1-20-13(19)7-5-8-12(11(14)9(6-16)21-8)15(7)4-2-3-10(17)18/h5-6H,2-4H2,1H3,(H,17,18). The van der Waals surface area contributed by atoms with Crippen molar-refractivity contribution in [3.8, 4) is 0 Å². The van der Waals surface area contributed by atoms with E-state index in [9.17, 15) is 14.4 Å². The highest BCUT2D eigenvalue weighted by Gasteiger charge is 2.21. The summed E-state index contributed by atoms with van der Waals surface area (Å²) in [7, 11) is 1.29. The first kappa shape index (κ1) is 15.7. The molecule has 2 rings (SSSR count). The van der Waals surface area contributed by atoms with Crippen molar-refractivity contribution >= 4 is 55.7 Å². The number of carbonyl (C=O) groups is 3. The monoisotopic (exact) mass is 373 g/mol. The van der Waals surface area contributed by atoms with E-state index in [-0.39, 0.29) is 6.42 Å². The van der Waals surface area contributed by atoms with Crippen LogP contribution in [0.5, 0.6) is 0 Å². The van der Waals surface area contributed by atoms with Crippen LogP contribution < -0.4 is 0 Å². The number of esters is 1. The molecule has 8 heteroatoms. The van der Waals surface area contributed by atoms with E-state index in [2.05, 4.69) is 15.9 Å². The van der Waals surface area contributed by atoms with E-state index in [0.717, 1.165) is 11.0 Å². The number of carboxylic acid groups (broad SMARTS) is 1. The van der Waals surface area contributed by atoms with Crippen molar-refractivity contribution < 1.29 is 24.2 Å². The molecule has 0 saturated heterocycles. The summed E-state index contributed by atoms with van der Waals surface area (Å²) in [6.07, 6.45) is 1.12. The lowest BCUT2D eigenvalue weighted by Crippen LogP contribution is -2.11. The molecule has 2 aromatic heterocycles. The molecule has 2 heterocycles. The van der Waals surface area contributed by atoms with Gasteiger partial charge in [-0.05, 0) is 28.4 Å². The summed E-state index contributed by atoms with van der Waals surface area (Å²) in [5, 5.41) is 8.72. The zero-order valence-electron chi connectivity index (χ0n) is 11.1. The SMILES string of the molecule is COC(=O)c1cc2sc(C=O)c(Br)c2n1CCCC(=O)O. The van der Waals surface area contributed by atoms with Gasteiger partial charge in [0.15, 0.2) is 6.29 Å². The fraction of sp³-hybridized carbons (Fsp3) is 0.308. The fourth-order valence-corrected chi connectivity index (χ4v) is 3.92. The summed E-state index contributed by atoms with van der Waals surface area (Å²) in [6.45, 7) is 0.355. The van der Waals surface area contributed by atoms with E-state index in [1.54, 1.807) is 10.6 Å². The van der Waals surface area contributed by atoms with Gasteiger partial charge in [0.25, 0.3) is 0 Å². The van der Waals surface area contributed by atoms with Crippen LogP contribution >= 0.6 is 27.3 Å². The predicted molar refractivity (Wildman–Crippen MR) is 81.1 cm³/mol. The largest absolute Gasteiger partial charge is 0.481 e. The molecule has 2 aromatic rings. The van der Waals surface area contributed by atoms with Crippen LogP contribution in [-0.4, -0.2) is 35.0 Å². The number of aryl methyl sites for hydroxylation is 1. The summed E-state index contributed by atoms with van der Waals surface area (Å²) >= 11 is 4.62. The Morgan fingerprint density at radius 3 is 2.81 bits per heavy atom. The molecule has 21 heavy (non-hydrogen) atoms. The Morgan fingerprint density at radius 2 is 2.24 bits per heavy atom. The number of carboxylic acids is 1. The highest BCUT2D eigenvalue weighted by molar-refractivity contribution is 9.10. The lowest BCUT2D eigenvalue weighted by atomic mass is 10.3. The first-order valence-electron chi connectivity index (χ1n) is 6.06.